The highest BCUT2D eigenvalue weighted by Crippen LogP contribution is 2.35. The van der Waals surface area contributed by atoms with Crippen molar-refractivity contribution < 1.29 is 4.79 Å². The topological polar surface area (TPSA) is 55.1 Å². The number of rotatable bonds is 2. The number of nitrogens with two attached hydrogens (primary N) is 1. The van der Waals surface area contributed by atoms with Crippen LogP contribution in [-0.4, -0.2) is 6.03 Å². The van der Waals surface area contributed by atoms with Gasteiger partial charge in [-0.2, -0.15) is 0 Å². The molecule has 7 heteroatoms. The fourth-order valence-corrected chi connectivity index (χ4v) is 2.29. The highest BCUT2D eigenvalue weighted by Gasteiger charge is 2.09. The molecule has 0 saturated heterocycles. The summed E-state index contributed by atoms with van der Waals surface area (Å²) in [6.07, 6.45) is 0. The molecule has 1 aromatic carbocycles. The van der Waals surface area contributed by atoms with Crippen molar-refractivity contribution in [1.82, 2.24) is 4.72 Å². The summed E-state index contributed by atoms with van der Waals surface area (Å²) in [4.78, 5) is 11.0. The first-order valence-corrected chi connectivity index (χ1v) is 5.32. The summed E-state index contributed by atoms with van der Waals surface area (Å²) in [6, 6.07) is 2.39. The second-order valence-electron chi connectivity index (χ2n) is 2.27. The Hall–Kier alpha value is -0.290. The molecule has 0 heterocycles. The van der Waals surface area contributed by atoms with Crippen LogP contribution in [-0.2, 0) is 0 Å². The molecule has 0 bridgehead atoms. The van der Waals surface area contributed by atoms with Gasteiger partial charge in [-0.15, -0.1) is 0 Å². The molecular formula is C7H5Cl3N2OS. The molecule has 0 saturated carbocycles. The van der Waals surface area contributed by atoms with E-state index in [1.54, 1.807) is 0 Å². The Kier molecular flexibility index (Phi) is 4.19. The molecule has 76 valence electrons. The molecule has 2 amide bonds. The van der Waals surface area contributed by atoms with Crippen LogP contribution in [0.5, 0.6) is 0 Å². The first-order valence-electron chi connectivity index (χ1n) is 3.37. The van der Waals surface area contributed by atoms with Gasteiger partial charge in [0, 0.05) is 5.02 Å². The van der Waals surface area contributed by atoms with Crippen molar-refractivity contribution in [3.05, 3.63) is 27.2 Å². The predicted molar refractivity (Wildman–Crippen MR) is 60.0 cm³/mol. The van der Waals surface area contributed by atoms with Crippen molar-refractivity contribution in [2.45, 2.75) is 4.90 Å². The number of nitrogens with one attached hydrogen (secondary N) is 1. The van der Waals surface area contributed by atoms with E-state index < -0.39 is 6.03 Å². The molecular weight excluding hydrogens is 267 g/mol. The third-order valence-electron chi connectivity index (χ3n) is 1.22. The minimum absolute atomic E-state index is 0.362. The monoisotopic (exact) mass is 270 g/mol. The van der Waals surface area contributed by atoms with Crippen LogP contribution >= 0.6 is 46.8 Å². The molecule has 0 spiro atoms. The molecule has 0 aliphatic heterocycles. The maximum atomic E-state index is 10.4. The average molecular weight is 272 g/mol. The van der Waals surface area contributed by atoms with Gasteiger partial charge in [-0.1, -0.05) is 34.8 Å². The summed E-state index contributed by atoms with van der Waals surface area (Å²) in [5, 5.41) is 1.16. The van der Waals surface area contributed by atoms with Crippen LogP contribution in [0.15, 0.2) is 17.0 Å². The number of primary amides is 1. The Labute approximate surface area is 100 Å². The Balaban J connectivity index is 2.91. The Bertz CT molecular complexity index is 349. The van der Waals surface area contributed by atoms with Crippen molar-refractivity contribution >= 4 is 52.8 Å². The largest absolute Gasteiger partial charge is 0.351 e. The average Bonchev–Trinajstić information content (AvgIpc) is 2.01. The highest BCUT2D eigenvalue weighted by molar-refractivity contribution is 7.98. The third-order valence-corrected chi connectivity index (χ3v) is 3.20. The summed E-state index contributed by atoms with van der Waals surface area (Å²) >= 11 is 18.3. The number of hydrogen-bond donors (Lipinski definition) is 2. The van der Waals surface area contributed by atoms with E-state index in [4.69, 9.17) is 40.5 Å². The number of benzene rings is 1. The zero-order valence-electron chi connectivity index (χ0n) is 6.68. The maximum Gasteiger partial charge on any atom is 0.322 e. The van der Waals surface area contributed by atoms with Gasteiger partial charge in [0.15, 0.2) is 0 Å². The van der Waals surface area contributed by atoms with Gasteiger partial charge in [0.2, 0.25) is 0 Å². The second kappa shape index (κ2) is 4.98. The van der Waals surface area contributed by atoms with Crippen LogP contribution in [0, 0.1) is 0 Å². The minimum Gasteiger partial charge on any atom is -0.351 e. The van der Waals surface area contributed by atoms with Crippen molar-refractivity contribution in [1.29, 1.82) is 0 Å². The standard InChI is InChI=1S/C7H5Cl3N2OS/c8-3-1-4(9)6(5(10)2-3)14-12-7(11)13/h1-2H,(H3,11,12,13). The Morgan fingerprint density at radius 2 is 1.79 bits per heavy atom. The highest BCUT2D eigenvalue weighted by atomic mass is 35.5. The zero-order valence-corrected chi connectivity index (χ0v) is 9.77. The molecule has 0 aliphatic carbocycles. The van der Waals surface area contributed by atoms with E-state index in [-0.39, 0.29) is 0 Å². The molecule has 0 aromatic heterocycles. The lowest BCUT2D eigenvalue weighted by molar-refractivity contribution is 0.254. The summed E-state index contributed by atoms with van der Waals surface area (Å²) in [5.41, 5.74) is 4.89. The molecule has 0 radical (unpaired) electrons. The zero-order chi connectivity index (χ0) is 10.7. The second-order valence-corrected chi connectivity index (χ2v) is 4.33. The van der Waals surface area contributed by atoms with Gasteiger partial charge in [-0.3, -0.25) is 4.72 Å². The molecule has 3 nitrogen and oxygen atoms in total. The van der Waals surface area contributed by atoms with Crippen LogP contribution < -0.4 is 10.5 Å². The Morgan fingerprint density at radius 1 is 1.29 bits per heavy atom. The van der Waals surface area contributed by atoms with E-state index in [1.165, 1.54) is 12.1 Å². The molecule has 0 unspecified atom stereocenters. The van der Waals surface area contributed by atoms with E-state index in [9.17, 15) is 4.79 Å². The quantitative estimate of drug-likeness (QED) is 0.811. The van der Waals surface area contributed by atoms with Gasteiger partial charge in [0.25, 0.3) is 0 Å². The van der Waals surface area contributed by atoms with Crippen molar-refractivity contribution in [2.75, 3.05) is 0 Å². The SMILES string of the molecule is NC(=O)NSc1c(Cl)cc(Cl)cc1Cl. The predicted octanol–water partition coefficient (Wildman–Crippen LogP) is 3.32. The Morgan fingerprint density at radius 3 is 2.21 bits per heavy atom. The number of carbonyl (C=O) groups excluding carboxylic acids is 1. The van der Waals surface area contributed by atoms with Gasteiger partial charge in [0.05, 0.1) is 14.9 Å². The van der Waals surface area contributed by atoms with Crippen molar-refractivity contribution in [3.63, 3.8) is 0 Å². The third kappa shape index (κ3) is 3.13. The molecule has 0 aliphatic rings. The summed E-state index contributed by atoms with van der Waals surface area (Å²) in [5.74, 6) is 0. The molecule has 1 rings (SSSR count). The van der Waals surface area contributed by atoms with E-state index in [2.05, 4.69) is 4.72 Å². The lowest BCUT2D eigenvalue weighted by atomic mass is 10.4. The van der Waals surface area contributed by atoms with E-state index >= 15 is 0 Å². The smallest absolute Gasteiger partial charge is 0.322 e. The minimum atomic E-state index is -0.669. The van der Waals surface area contributed by atoms with E-state index in [0.717, 1.165) is 11.9 Å². The number of hydrogen-bond acceptors (Lipinski definition) is 2. The molecule has 1 aromatic rings. The fraction of sp³-hybridized carbons (Fsp3) is 0. The first-order chi connectivity index (χ1) is 6.50. The van der Waals surface area contributed by atoms with Crippen LogP contribution in [0.2, 0.25) is 15.1 Å². The van der Waals surface area contributed by atoms with Gasteiger partial charge in [-0.05, 0) is 24.1 Å². The van der Waals surface area contributed by atoms with Crippen LogP contribution in [0.3, 0.4) is 0 Å². The van der Waals surface area contributed by atoms with Crippen LogP contribution in [0.1, 0.15) is 0 Å². The fourth-order valence-electron chi connectivity index (χ4n) is 0.728. The lowest BCUT2D eigenvalue weighted by Crippen LogP contribution is -2.22. The molecule has 3 N–H and O–H groups in total. The van der Waals surface area contributed by atoms with Crippen LogP contribution in [0.4, 0.5) is 4.79 Å². The van der Waals surface area contributed by atoms with Gasteiger partial charge in [-0.25, -0.2) is 4.79 Å². The number of urea groups is 1. The summed E-state index contributed by atoms with van der Waals surface area (Å²) in [7, 11) is 0. The van der Waals surface area contributed by atoms with Crippen LogP contribution in [0.25, 0.3) is 0 Å². The summed E-state index contributed by atoms with van der Waals surface area (Å²) in [6.45, 7) is 0. The summed E-state index contributed by atoms with van der Waals surface area (Å²) < 4.78 is 2.31. The van der Waals surface area contributed by atoms with Gasteiger partial charge in [0.1, 0.15) is 0 Å². The maximum absolute atomic E-state index is 10.4. The number of amides is 2. The molecule has 0 fully saturated rings. The first kappa shape index (κ1) is 11.8. The lowest BCUT2D eigenvalue weighted by Gasteiger charge is -2.06. The molecule has 14 heavy (non-hydrogen) atoms. The number of halogens is 3. The van der Waals surface area contributed by atoms with Gasteiger partial charge < -0.3 is 5.73 Å². The van der Waals surface area contributed by atoms with E-state index in [1.807, 2.05) is 0 Å². The normalized spacial score (nSPS) is 9.93. The molecule has 0 atom stereocenters. The van der Waals surface area contributed by atoms with Crippen molar-refractivity contribution in [3.8, 4) is 0 Å². The number of carbonyl (C=O) groups is 1. The van der Waals surface area contributed by atoms with Crippen molar-refractivity contribution in [2.24, 2.45) is 5.73 Å². The van der Waals surface area contributed by atoms with E-state index in [0.29, 0.717) is 20.0 Å². The van der Waals surface area contributed by atoms with Gasteiger partial charge >= 0.3 is 6.03 Å².